The zero-order chi connectivity index (χ0) is 20.4. The number of nitrogens with zero attached hydrogens (tertiary/aromatic N) is 4. The van der Waals surface area contributed by atoms with E-state index in [4.69, 9.17) is 0 Å². The molecule has 0 bridgehead atoms. The summed E-state index contributed by atoms with van der Waals surface area (Å²) in [5, 5.41) is 12.2. The maximum absolute atomic E-state index is 14.0. The van der Waals surface area contributed by atoms with Crippen LogP contribution in [0, 0.1) is 17.1 Å². The Morgan fingerprint density at radius 1 is 1.34 bits per heavy atom. The number of imidazole rings is 1. The molecule has 0 aliphatic carbocycles. The van der Waals surface area contributed by atoms with Crippen molar-refractivity contribution in [2.75, 3.05) is 11.4 Å². The van der Waals surface area contributed by atoms with Gasteiger partial charge in [0.2, 0.25) is 0 Å². The van der Waals surface area contributed by atoms with Crippen molar-refractivity contribution < 1.29 is 9.18 Å². The minimum atomic E-state index is -0.542. The molecule has 1 amide bonds. The number of halogens is 1. The number of carbonyl (C=O) groups excluding carboxylic acids is 1. The molecule has 0 saturated carbocycles. The van der Waals surface area contributed by atoms with Crippen LogP contribution in [0.4, 0.5) is 10.1 Å². The summed E-state index contributed by atoms with van der Waals surface area (Å²) in [5.41, 5.74) is 3.65. The van der Waals surface area contributed by atoms with Gasteiger partial charge >= 0.3 is 0 Å². The molecule has 146 valence electrons. The van der Waals surface area contributed by atoms with E-state index >= 15 is 0 Å². The lowest BCUT2D eigenvalue weighted by Gasteiger charge is -2.36. The van der Waals surface area contributed by atoms with E-state index < -0.39 is 11.7 Å². The van der Waals surface area contributed by atoms with Gasteiger partial charge < -0.3 is 14.8 Å². The minimum Gasteiger partial charge on any atom is -0.363 e. The second-order valence-corrected chi connectivity index (χ2v) is 7.19. The molecular weight excluding hydrogens is 369 g/mol. The zero-order valence-electron chi connectivity index (χ0n) is 16.0. The fraction of sp³-hybridized carbons (Fsp3) is 0.227. The minimum absolute atomic E-state index is 0.0299. The summed E-state index contributed by atoms with van der Waals surface area (Å²) in [6.07, 6.45) is 4.13. The normalized spacial score (nSPS) is 15.5. The number of aryl methyl sites for hydroxylation is 1. The van der Waals surface area contributed by atoms with Crippen molar-refractivity contribution in [2.45, 2.75) is 19.0 Å². The lowest BCUT2D eigenvalue weighted by atomic mass is 9.95. The molecular formula is C22H20FN5O. The molecule has 4 rings (SSSR count). The number of aromatic nitrogens is 2. The van der Waals surface area contributed by atoms with Gasteiger partial charge in [-0.05, 0) is 42.3 Å². The fourth-order valence-electron chi connectivity index (χ4n) is 3.71. The molecule has 6 nitrogen and oxygen atoms in total. The number of benzene rings is 2. The molecule has 1 aromatic heterocycles. The van der Waals surface area contributed by atoms with Crippen molar-refractivity contribution in [3.8, 4) is 6.07 Å². The van der Waals surface area contributed by atoms with Gasteiger partial charge in [-0.15, -0.1) is 0 Å². The molecule has 1 N–H and O–H groups in total. The van der Waals surface area contributed by atoms with Gasteiger partial charge in [-0.2, -0.15) is 5.26 Å². The van der Waals surface area contributed by atoms with Gasteiger partial charge in [0, 0.05) is 25.5 Å². The predicted molar refractivity (Wildman–Crippen MR) is 107 cm³/mol. The van der Waals surface area contributed by atoms with Gasteiger partial charge in [-0.1, -0.05) is 12.1 Å². The van der Waals surface area contributed by atoms with E-state index in [1.54, 1.807) is 24.5 Å². The highest BCUT2D eigenvalue weighted by atomic mass is 19.1. The molecule has 3 aromatic rings. The first-order chi connectivity index (χ1) is 14.0. The molecule has 1 aliphatic rings. The Hall–Kier alpha value is -3.66. The molecule has 1 unspecified atom stereocenters. The van der Waals surface area contributed by atoms with Crippen LogP contribution in [0.1, 0.15) is 27.2 Å². The van der Waals surface area contributed by atoms with E-state index in [9.17, 15) is 14.4 Å². The largest absolute Gasteiger partial charge is 0.363 e. The number of hydrogen-bond donors (Lipinski definition) is 1. The maximum Gasteiger partial charge on any atom is 0.254 e. The second-order valence-electron chi connectivity index (χ2n) is 7.19. The highest BCUT2D eigenvalue weighted by molar-refractivity contribution is 5.94. The van der Waals surface area contributed by atoms with E-state index in [2.05, 4.69) is 21.3 Å². The van der Waals surface area contributed by atoms with Gasteiger partial charge in [0.1, 0.15) is 5.82 Å². The van der Waals surface area contributed by atoms with Crippen LogP contribution in [0.25, 0.3) is 0 Å². The number of nitriles is 1. The molecule has 1 atom stereocenters. The average molecular weight is 389 g/mol. The number of amides is 1. The van der Waals surface area contributed by atoms with Crippen LogP contribution >= 0.6 is 0 Å². The van der Waals surface area contributed by atoms with Crippen LogP contribution in [0.5, 0.6) is 0 Å². The Labute approximate surface area is 168 Å². The highest BCUT2D eigenvalue weighted by Gasteiger charge is 2.27. The van der Waals surface area contributed by atoms with Crippen LogP contribution in [0.2, 0.25) is 0 Å². The number of carbonyl (C=O) groups is 1. The Bertz CT molecular complexity index is 1100. The zero-order valence-corrected chi connectivity index (χ0v) is 16.0. The smallest absolute Gasteiger partial charge is 0.254 e. The molecule has 2 heterocycles. The third-order valence-electron chi connectivity index (χ3n) is 5.18. The quantitative estimate of drug-likeness (QED) is 0.745. The van der Waals surface area contributed by atoms with Crippen molar-refractivity contribution in [1.82, 2.24) is 14.9 Å². The topological polar surface area (TPSA) is 74.0 Å². The predicted octanol–water partition coefficient (Wildman–Crippen LogP) is 2.79. The lowest BCUT2D eigenvalue weighted by Crippen LogP contribution is -2.48. The number of rotatable bonds is 4. The standard InChI is InChI=1S/C22H20FN5O/c1-27-14-25-11-18(27)13-28-12-17(9-16-8-15(10-24)6-7-21(16)28)26-22(29)19-4-2-3-5-20(19)23/h2-8,11,14,17H,9,12-13H2,1H3,(H,26,29). The third-order valence-corrected chi connectivity index (χ3v) is 5.18. The summed E-state index contributed by atoms with van der Waals surface area (Å²) in [7, 11) is 1.93. The second kappa shape index (κ2) is 7.76. The summed E-state index contributed by atoms with van der Waals surface area (Å²) >= 11 is 0. The number of anilines is 1. The Morgan fingerprint density at radius 2 is 2.17 bits per heavy atom. The van der Waals surface area contributed by atoms with Gasteiger partial charge in [0.05, 0.1) is 41.8 Å². The van der Waals surface area contributed by atoms with Crippen LogP contribution in [0.15, 0.2) is 55.0 Å². The summed E-state index contributed by atoms with van der Waals surface area (Å²) < 4.78 is 15.9. The maximum atomic E-state index is 14.0. The van der Waals surface area contributed by atoms with Crippen LogP contribution < -0.4 is 10.2 Å². The van der Waals surface area contributed by atoms with E-state index in [1.165, 1.54) is 12.1 Å². The summed E-state index contributed by atoms with van der Waals surface area (Å²) in [4.78, 5) is 18.9. The van der Waals surface area contributed by atoms with Gasteiger partial charge in [-0.3, -0.25) is 4.79 Å². The van der Waals surface area contributed by atoms with Crippen LogP contribution in [-0.2, 0) is 20.0 Å². The molecule has 2 aromatic carbocycles. The molecule has 29 heavy (non-hydrogen) atoms. The summed E-state index contributed by atoms with van der Waals surface area (Å²) in [6.45, 7) is 1.19. The Kier molecular flexibility index (Phi) is 5.00. The SMILES string of the molecule is Cn1cncc1CN1CC(NC(=O)c2ccccc2F)Cc2cc(C#N)ccc21. The van der Waals surface area contributed by atoms with Crippen molar-refractivity contribution in [2.24, 2.45) is 7.05 Å². The van der Waals surface area contributed by atoms with Crippen LogP contribution in [-0.4, -0.2) is 28.0 Å². The number of hydrogen-bond acceptors (Lipinski definition) is 4. The fourth-order valence-corrected chi connectivity index (χ4v) is 3.71. The first-order valence-electron chi connectivity index (χ1n) is 9.33. The van der Waals surface area contributed by atoms with Crippen molar-refractivity contribution in [3.63, 3.8) is 0 Å². The van der Waals surface area contributed by atoms with Gasteiger partial charge in [0.25, 0.3) is 5.91 Å². The first-order valence-corrected chi connectivity index (χ1v) is 9.33. The summed E-state index contributed by atoms with van der Waals surface area (Å²) in [6, 6.07) is 13.5. The third kappa shape index (κ3) is 3.83. The molecule has 0 saturated heterocycles. The van der Waals surface area contributed by atoms with Gasteiger partial charge in [-0.25, -0.2) is 9.37 Å². The molecule has 0 radical (unpaired) electrons. The Balaban J connectivity index is 1.61. The molecule has 1 aliphatic heterocycles. The van der Waals surface area contributed by atoms with Crippen molar-refractivity contribution >= 4 is 11.6 Å². The Morgan fingerprint density at radius 3 is 2.90 bits per heavy atom. The first kappa shape index (κ1) is 18.7. The van der Waals surface area contributed by atoms with Gasteiger partial charge in [0.15, 0.2) is 0 Å². The van der Waals surface area contributed by atoms with Crippen LogP contribution in [0.3, 0.4) is 0 Å². The van der Waals surface area contributed by atoms with E-state index in [1.807, 2.05) is 29.9 Å². The monoisotopic (exact) mass is 389 g/mol. The molecule has 7 heteroatoms. The summed E-state index contributed by atoms with van der Waals surface area (Å²) in [5.74, 6) is -0.979. The highest BCUT2D eigenvalue weighted by Crippen LogP contribution is 2.29. The lowest BCUT2D eigenvalue weighted by molar-refractivity contribution is 0.0933. The average Bonchev–Trinajstić information content (AvgIpc) is 3.12. The number of fused-ring (bicyclic) bond motifs is 1. The van der Waals surface area contributed by atoms with E-state index in [-0.39, 0.29) is 11.6 Å². The van der Waals surface area contributed by atoms with Crippen molar-refractivity contribution in [3.05, 3.63) is 83.2 Å². The molecule has 0 fully saturated rings. The number of nitrogens with one attached hydrogen (secondary N) is 1. The van der Waals surface area contributed by atoms with Crippen molar-refractivity contribution in [1.29, 1.82) is 5.26 Å². The molecule has 0 spiro atoms. The van der Waals surface area contributed by atoms with E-state index in [0.717, 1.165) is 16.9 Å². The van der Waals surface area contributed by atoms with E-state index in [0.29, 0.717) is 25.1 Å².